The summed E-state index contributed by atoms with van der Waals surface area (Å²) in [5, 5.41) is 23.6. The molecule has 2 aromatic rings. The van der Waals surface area contributed by atoms with Crippen molar-refractivity contribution in [2.45, 2.75) is 38.7 Å². The van der Waals surface area contributed by atoms with Crippen LogP contribution >= 0.6 is 0 Å². The van der Waals surface area contributed by atoms with E-state index in [9.17, 15) is 14.3 Å². The number of hydrogen-bond donors (Lipinski definition) is 3. The zero-order valence-electron chi connectivity index (χ0n) is 14.8. The summed E-state index contributed by atoms with van der Waals surface area (Å²) in [5.74, 6) is -0.0746. The van der Waals surface area contributed by atoms with Gasteiger partial charge < -0.3 is 10.4 Å². The molecule has 1 aromatic heterocycles. The molecule has 0 spiro atoms. The number of carbonyl (C=O) groups is 1. The van der Waals surface area contributed by atoms with Gasteiger partial charge in [-0.15, -0.1) is 5.10 Å². The van der Waals surface area contributed by atoms with Gasteiger partial charge in [-0.3, -0.25) is 5.32 Å². The molecule has 0 bridgehead atoms. The minimum absolute atomic E-state index is 0.0437. The number of benzene rings is 1. The molecule has 1 aromatic carbocycles. The van der Waals surface area contributed by atoms with Gasteiger partial charge in [-0.25, -0.2) is 9.18 Å². The van der Waals surface area contributed by atoms with Gasteiger partial charge in [0.2, 0.25) is 0 Å². The van der Waals surface area contributed by atoms with Gasteiger partial charge in [-0.1, -0.05) is 32.9 Å². The topological polar surface area (TPSA) is 87.1 Å². The highest BCUT2D eigenvalue weighted by Crippen LogP contribution is 2.21. The first-order valence-electron chi connectivity index (χ1n) is 7.95. The maximum atomic E-state index is 13.0. The third-order valence-electron chi connectivity index (χ3n) is 3.73. The summed E-state index contributed by atoms with van der Waals surface area (Å²) < 4.78 is 13.0. The molecule has 1 unspecified atom stereocenters. The minimum atomic E-state index is -1.33. The maximum Gasteiger partial charge on any atom is 0.320 e. The van der Waals surface area contributed by atoms with Crippen LogP contribution in [0.25, 0.3) is 0 Å². The van der Waals surface area contributed by atoms with Crippen LogP contribution in [-0.2, 0) is 11.0 Å². The van der Waals surface area contributed by atoms with Crippen LogP contribution in [0.15, 0.2) is 36.4 Å². The molecule has 0 aliphatic rings. The number of halogens is 1. The van der Waals surface area contributed by atoms with Gasteiger partial charge in [0.25, 0.3) is 0 Å². The number of aliphatic hydroxyl groups is 1. The van der Waals surface area contributed by atoms with E-state index in [0.29, 0.717) is 11.4 Å². The van der Waals surface area contributed by atoms with E-state index in [4.69, 9.17) is 0 Å². The van der Waals surface area contributed by atoms with Crippen molar-refractivity contribution in [3.63, 3.8) is 0 Å². The SMILES string of the molecule is CC(C)(C)c1ccc(NC(=O)NCC(C)(O)c2ccc(F)cc2)nn1. The van der Waals surface area contributed by atoms with Crippen LogP contribution in [0.5, 0.6) is 0 Å². The van der Waals surface area contributed by atoms with E-state index in [2.05, 4.69) is 20.8 Å². The molecule has 0 aliphatic carbocycles. The Hall–Kier alpha value is -2.54. The summed E-state index contributed by atoms with van der Waals surface area (Å²) in [6.45, 7) is 7.56. The van der Waals surface area contributed by atoms with Crippen molar-refractivity contribution in [2.24, 2.45) is 0 Å². The largest absolute Gasteiger partial charge is 0.384 e. The Balaban J connectivity index is 1.93. The van der Waals surface area contributed by atoms with Crippen molar-refractivity contribution in [3.8, 4) is 0 Å². The fourth-order valence-corrected chi connectivity index (χ4v) is 2.12. The smallest absolute Gasteiger partial charge is 0.320 e. The Morgan fingerprint density at radius 1 is 1.08 bits per heavy atom. The molecule has 0 saturated heterocycles. The number of anilines is 1. The van der Waals surface area contributed by atoms with E-state index < -0.39 is 11.6 Å². The fourth-order valence-electron chi connectivity index (χ4n) is 2.12. The van der Waals surface area contributed by atoms with Crippen molar-refractivity contribution >= 4 is 11.8 Å². The summed E-state index contributed by atoms with van der Waals surface area (Å²) in [5.41, 5.74) is -0.129. The molecule has 0 saturated carbocycles. The number of nitrogens with zero attached hydrogens (tertiary/aromatic N) is 2. The third-order valence-corrected chi connectivity index (χ3v) is 3.73. The van der Waals surface area contributed by atoms with Gasteiger partial charge in [0, 0.05) is 5.41 Å². The van der Waals surface area contributed by atoms with Gasteiger partial charge in [0.15, 0.2) is 5.82 Å². The van der Waals surface area contributed by atoms with Gasteiger partial charge >= 0.3 is 6.03 Å². The lowest BCUT2D eigenvalue weighted by Crippen LogP contribution is -2.40. The van der Waals surface area contributed by atoms with Gasteiger partial charge in [0.1, 0.15) is 11.4 Å². The second kappa shape index (κ2) is 7.14. The highest BCUT2D eigenvalue weighted by molar-refractivity contribution is 5.88. The molecule has 0 fully saturated rings. The lowest BCUT2D eigenvalue weighted by molar-refractivity contribution is 0.0599. The van der Waals surface area contributed by atoms with Crippen LogP contribution in [0.3, 0.4) is 0 Å². The van der Waals surface area contributed by atoms with E-state index in [1.165, 1.54) is 24.3 Å². The molecule has 0 radical (unpaired) electrons. The standard InChI is InChI=1S/C18H23FN4O2/c1-17(2,3)14-9-10-15(23-22-14)21-16(24)20-11-18(4,25)12-5-7-13(19)8-6-12/h5-10,25H,11H2,1-4H3,(H2,20,21,23,24). The second-order valence-corrected chi connectivity index (χ2v) is 7.14. The third kappa shape index (κ3) is 5.22. The zero-order valence-corrected chi connectivity index (χ0v) is 14.8. The Labute approximate surface area is 146 Å². The minimum Gasteiger partial charge on any atom is -0.384 e. The number of urea groups is 1. The molecule has 25 heavy (non-hydrogen) atoms. The van der Waals surface area contributed by atoms with Gasteiger partial charge in [-0.05, 0) is 36.8 Å². The Kier molecular flexibility index (Phi) is 5.37. The van der Waals surface area contributed by atoms with Crippen molar-refractivity contribution in [1.29, 1.82) is 0 Å². The summed E-state index contributed by atoms with van der Waals surface area (Å²) >= 11 is 0. The number of hydrogen-bond acceptors (Lipinski definition) is 4. The molecule has 134 valence electrons. The average molecular weight is 346 g/mol. The molecule has 2 amide bonds. The molecule has 3 N–H and O–H groups in total. The lowest BCUT2D eigenvalue weighted by atomic mass is 9.92. The maximum absolute atomic E-state index is 13.0. The van der Waals surface area contributed by atoms with Crippen molar-refractivity contribution in [2.75, 3.05) is 11.9 Å². The van der Waals surface area contributed by atoms with E-state index in [1.807, 2.05) is 20.8 Å². The quantitative estimate of drug-likeness (QED) is 0.794. The number of amides is 2. The predicted molar refractivity (Wildman–Crippen MR) is 93.7 cm³/mol. The van der Waals surface area contributed by atoms with Gasteiger partial charge in [-0.2, -0.15) is 5.10 Å². The summed E-state index contributed by atoms with van der Waals surface area (Å²) in [6, 6.07) is 8.44. The Morgan fingerprint density at radius 2 is 1.72 bits per heavy atom. The van der Waals surface area contributed by atoms with E-state index in [1.54, 1.807) is 19.1 Å². The van der Waals surface area contributed by atoms with E-state index in [-0.39, 0.29) is 17.8 Å². The first-order chi connectivity index (χ1) is 11.6. The van der Waals surface area contributed by atoms with Crippen molar-refractivity contribution < 1.29 is 14.3 Å². The zero-order chi connectivity index (χ0) is 18.7. The second-order valence-electron chi connectivity index (χ2n) is 7.14. The molecule has 0 aliphatic heterocycles. The van der Waals surface area contributed by atoms with Crippen LogP contribution in [0.4, 0.5) is 15.0 Å². The normalized spacial score (nSPS) is 13.8. The molecule has 1 atom stereocenters. The van der Waals surface area contributed by atoms with Crippen molar-refractivity contribution in [3.05, 3.63) is 53.5 Å². The average Bonchev–Trinajstić information content (AvgIpc) is 2.53. The van der Waals surface area contributed by atoms with Crippen LogP contribution in [0.1, 0.15) is 39.0 Å². The Bertz CT molecular complexity index is 722. The first-order valence-corrected chi connectivity index (χ1v) is 7.95. The first kappa shape index (κ1) is 18.8. The van der Waals surface area contributed by atoms with Crippen LogP contribution in [0, 0.1) is 5.82 Å². The molecule has 2 rings (SSSR count). The number of nitrogens with one attached hydrogen (secondary N) is 2. The summed E-state index contributed by atoms with van der Waals surface area (Å²) in [6.07, 6.45) is 0. The summed E-state index contributed by atoms with van der Waals surface area (Å²) in [4.78, 5) is 12.0. The Morgan fingerprint density at radius 3 is 2.24 bits per heavy atom. The molecule has 6 nitrogen and oxygen atoms in total. The summed E-state index contributed by atoms with van der Waals surface area (Å²) in [7, 11) is 0. The monoisotopic (exact) mass is 346 g/mol. The highest BCUT2D eigenvalue weighted by Gasteiger charge is 2.24. The van der Waals surface area contributed by atoms with E-state index >= 15 is 0 Å². The predicted octanol–water partition coefficient (Wildman–Crippen LogP) is 2.94. The van der Waals surface area contributed by atoms with Crippen molar-refractivity contribution in [1.82, 2.24) is 15.5 Å². The van der Waals surface area contributed by atoms with Crippen LogP contribution in [-0.4, -0.2) is 27.9 Å². The fraction of sp³-hybridized carbons (Fsp3) is 0.389. The molecular weight excluding hydrogens is 323 g/mol. The molecule has 7 heteroatoms. The van der Waals surface area contributed by atoms with Crippen LogP contribution in [0.2, 0.25) is 0 Å². The number of rotatable bonds is 4. The van der Waals surface area contributed by atoms with Gasteiger partial charge in [0.05, 0.1) is 12.2 Å². The molecule has 1 heterocycles. The van der Waals surface area contributed by atoms with Crippen LogP contribution < -0.4 is 10.6 Å². The van der Waals surface area contributed by atoms with E-state index in [0.717, 1.165) is 5.69 Å². The lowest BCUT2D eigenvalue weighted by Gasteiger charge is -2.24. The highest BCUT2D eigenvalue weighted by atomic mass is 19.1. The molecular formula is C18H23FN4O2. The number of carbonyl (C=O) groups excluding carboxylic acids is 1. The number of aromatic nitrogens is 2.